The standard InChI is InChI=1S/C37H35ClFN3O3/c38-28-13-10-25(11-14-28)31-17-15-30(41-18-20-44-21-19-41)22-27(31)24-45-37(43)26-12-16-32(33(39)23-26)36-40-34-8-4-5-9-35(34)42(36)29-6-2-1-3-7-29/h4-5,8-17,22-23,29H,1-3,6-7,18-21,24H2. The zero-order valence-electron chi connectivity index (χ0n) is 25.1. The van der Waals surface area contributed by atoms with E-state index in [0.29, 0.717) is 29.6 Å². The lowest BCUT2D eigenvalue weighted by Gasteiger charge is -2.29. The summed E-state index contributed by atoms with van der Waals surface area (Å²) in [5.74, 6) is -0.471. The number of imidazole rings is 1. The van der Waals surface area contributed by atoms with Crippen LogP contribution in [0.25, 0.3) is 33.5 Å². The molecule has 0 amide bonds. The van der Waals surface area contributed by atoms with E-state index in [1.807, 2.05) is 48.5 Å². The average molecular weight is 624 g/mol. The van der Waals surface area contributed by atoms with Crippen molar-refractivity contribution in [2.24, 2.45) is 0 Å². The summed E-state index contributed by atoms with van der Waals surface area (Å²) in [5, 5.41) is 0.649. The van der Waals surface area contributed by atoms with Gasteiger partial charge in [-0.15, -0.1) is 0 Å². The van der Waals surface area contributed by atoms with Crippen molar-refractivity contribution >= 4 is 34.3 Å². The van der Waals surface area contributed by atoms with E-state index in [4.69, 9.17) is 26.1 Å². The molecule has 7 rings (SSSR count). The molecule has 1 saturated carbocycles. The Morgan fingerprint density at radius 1 is 0.911 bits per heavy atom. The quantitative estimate of drug-likeness (QED) is 0.170. The number of morpholine rings is 1. The maximum absolute atomic E-state index is 15.8. The molecule has 1 aliphatic carbocycles. The summed E-state index contributed by atoms with van der Waals surface area (Å²) in [6, 6.07) is 26.6. The molecule has 0 spiro atoms. The summed E-state index contributed by atoms with van der Waals surface area (Å²) >= 11 is 6.14. The predicted molar refractivity (Wildman–Crippen MR) is 176 cm³/mol. The number of benzene rings is 4. The molecule has 4 aromatic carbocycles. The normalized spacial score (nSPS) is 15.8. The van der Waals surface area contributed by atoms with Gasteiger partial charge in [-0.3, -0.25) is 0 Å². The lowest BCUT2D eigenvalue weighted by molar-refractivity contribution is 0.0473. The van der Waals surface area contributed by atoms with Crippen molar-refractivity contribution in [2.45, 2.75) is 44.8 Å². The van der Waals surface area contributed by atoms with Gasteiger partial charge in [-0.2, -0.15) is 0 Å². The molecule has 5 aromatic rings. The first-order valence-electron chi connectivity index (χ1n) is 15.7. The Morgan fingerprint density at radius 2 is 1.67 bits per heavy atom. The maximum atomic E-state index is 15.8. The van der Waals surface area contributed by atoms with Crippen LogP contribution >= 0.6 is 11.6 Å². The number of para-hydroxylation sites is 2. The fourth-order valence-electron chi connectivity index (χ4n) is 6.62. The second-order valence-corrected chi connectivity index (χ2v) is 12.2. The largest absolute Gasteiger partial charge is 0.457 e. The van der Waals surface area contributed by atoms with Gasteiger partial charge in [-0.25, -0.2) is 14.2 Å². The highest BCUT2D eigenvalue weighted by atomic mass is 35.5. The molecule has 45 heavy (non-hydrogen) atoms. The van der Waals surface area contributed by atoms with Crippen molar-refractivity contribution in [3.8, 4) is 22.5 Å². The number of nitrogens with zero attached hydrogens (tertiary/aromatic N) is 3. The first-order valence-corrected chi connectivity index (χ1v) is 16.1. The van der Waals surface area contributed by atoms with Gasteiger partial charge in [0, 0.05) is 29.8 Å². The van der Waals surface area contributed by atoms with E-state index >= 15 is 4.39 Å². The lowest BCUT2D eigenvalue weighted by Crippen LogP contribution is -2.36. The molecule has 0 unspecified atom stereocenters. The van der Waals surface area contributed by atoms with Crippen molar-refractivity contribution in [3.05, 3.63) is 107 Å². The Balaban J connectivity index is 1.15. The van der Waals surface area contributed by atoms with Gasteiger partial charge in [-0.05, 0) is 84.1 Å². The van der Waals surface area contributed by atoms with Crippen LogP contribution in [-0.4, -0.2) is 41.8 Å². The molecule has 1 saturated heterocycles. The number of fused-ring (bicyclic) bond motifs is 1. The molecule has 2 heterocycles. The van der Waals surface area contributed by atoms with Gasteiger partial charge in [-0.1, -0.05) is 61.2 Å². The Kier molecular flexibility index (Phi) is 8.55. The van der Waals surface area contributed by atoms with Gasteiger partial charge < -0.3 is 18.9 Å². The third kappa shape index (κ3) is 6.20. The fourth-order valence-corrected chi connectivity index (χ4v) is 6.75. The molecule has 2 fully saturated rings. The van der Waals surface area contributed by atoms with Crippen LogP contribution in [0.5, 0.6) is 0 Å². The van der Waals surface area contributed by atoms with Crippen molar-refractivity contribution < 1.29 is 18.7 Å². The molecule has 0 atom stereocenters. The number of esters is 1. The molecular formula is C37H35ClFN3O3. The third-order valence-corrected chi connectivity index (χ3v) is 9.21. The number of aromatic nitrogens is 2. The molecule has 2 aliphatic rings. The summed E-state index contributed by atoms with van der Waals surface area (Å²) in [6.45, 7) is 2.96. The molecule has 0 radical (unpaired) electrons. The lowest BCUT2D eigenvalue weighted by atomic mass is 9.94. The van der Waals surface area contributed by atoms with Crippen molar-refractivity contribution in [1.29, 1.82) is 0 Å². The van der Waals surface area contributed by atoms with Gasteiger partial charge in [0.2, 0.25) is 0 Å². The molecule has 8 heteroatoms. The minimum absolute atomic E-state index is 0.0375. The smallest absolute Gasteiger partial charge is 0.338 e. The topological polar surface area (TPSA) is 56.6 Å². The monoisotopic (exact) mass is 623 g/mol. The summed E-state index contributed by atoms with van der Waals surface area (Å²) < 4.78 is 29.4. The number of hydrogen-bond acceptors (Lipinski definition) is 5. The van der Waals surface area contributed by atoms with Gasteiger partial charge in [0.1, 0.15) is 18.2 Å². The SMILES string of the molecule is O=C(OCc1cc(N2CCOCC2)ccc1-c1ccc(Cl)cc1)c1ccc(-c2nc3ccccc3n2C2CCCCC2)c(F)c1. The van der Waals surface area contributed by atoms with Crippen LogP contribution in [0.4, 0.5) is 10.1 Å². The highest BCUT2D eigenvalue weighted by Gasteiger charge is 2.24. The second-order valence-electron chi connectivity index (χ2n) is 11.8. The minimum atomic E-state index is -0.583. The van der Waals surface area contributed by atoms with E-state index in [9.17, 15) is 4.79 Å². The number of ether oxygens (including phenoxy) is 2. The number of carbonyl (C=O) groups excluding carboxylic acids is 1. The Hall–Kier alpha value is -4.20. The molecule has 1 aromatic heterocycles. The number of anilines is 1. The zero-order chi connectivity index (χ0) is 30.8. The Labute approximate surface area is 267 Å². The highest BCUT2D eigenvalue weighted by Crippen LogP contribution is 2.37. The Bertz CT molecular complexity index is 1830. The van der Waals surface area contributed by atoms with E-state index < -0.39 is 11.8 Å². The molecule has 1 aliphatic heterocycles. The van der Waals surface area contributed by atoms with Crippen LogP contribution in [0.2, 0.25) is 5.02 Å². The van der Waals surface area contributed by atoms with E-state index in [-0.39, 0.29) is 18.2 Å². The van der Waals surface area contributed by atoms with Crippen molar-refractivity contribution in [1.82, 2.24) is 9.55 Å². The number of rotatable bonds is 7. The minimum Gasteiger partial charge on any atom is -0.457 e. The molecule has 0 N–H and O–H groups in total. The summed E-state index contributed by atoms with van der Waals surface area (Å²) in [7, 11) is 0. The predicted octanol–water partition coefficient (Wildman–Crippen LogP) is 8.86. The van der Waals surface area contributed by atoms with Crippen LogP contribution < -0.4 is 4.90 Å². The van der Waals surface area contributed by atoms with Gasteiger partial charge in [0.05, 0.1) is 35.4 Å². The van der Waals surface area contributed by atoms with Crippen LogP contribution in [0, 0.1) is 5.82 Å². The second kappa shape index (κ2) is 13.0. The molecule has 6 nitrogen and oxygen atoms in total. The van der Waals surface area contributed by atoms with E-state index in [2.05, 4.69) is 27.7 Å². The van der Waals surface area contributed by atoms with Crippen molar-refractivity contribution in [3.63, 3.8) is 0 Å². The third-order valence-electron chi connectivity index (χ3n) is 8.96. The number of hydrogen-bond donors (Lipinski definition) is 0. The van der Waals surface area contributed by atoms with E-state index in [0.717, 1.165) is 72.2 Å². The van der Waals surface area contributed by atoms with E-state index in [1.54, 1.807) is 12.1 Å². The van der Waals surface area contributed by atoms with Gasteiger partial charge >= 0.3 is 5.97 Å². The van der Waals surface area contributed by atoms with Crippen LogP contribution in [0.1, 0.15) is 54.1 Å². The fraction of sp³-hybridized carbons (Fsp3) is 0.297. The summed E-state index contributed by atoms with van der Waals surface area (Å²) in [5.41, 5.74) is 6.21. The molecule has 230 valence electrons. The summed E-state index contributed by atoms with van der Waals surface area (Å²) in [4.78, 5) is 20.4. The molecule has 0 bridgehead atoms. The molecular weight excluding hydrogens is 589 g/mol. The highest BCUT2D eigenvalue weighted by molar-refractivity contribution is 6.30. The number of carbonyl (C=O) groups is 1. The Morgan fingerprint density at radius 3 is 2.44 bits per heavy atom. The average Bonchev–Trinajstić information content (AvgIpc) is 3.47. The van der Waals surface area contributed by atoms with Crippen LogP contribution in [-0.2, 0) is 16.1 Å². The van der Waals surface area contributed by atoms with E-state index in [1.165, 1.54) is 12.5 Å². The van der Waals surface area contributed by atoms with Gasteiger partial charge in [0.25, 0.3) is 0 Å². The van der Waals surface area contributed by atoms with Gasteiger partial charge in [0.15, 0.2) is 0 Å². The van der Waals surface area contributed by atoms with Crippen LogP contribution in [0.15, 0.2) is 84.9 Å². The maximum Gasteiger partial charge on any atom is 0.338 e. The number of halogens is 2. The zero-order valence-corrected chi connectivity index (χ0v) is 25.8. The summed E-state index contributed by atoms with van der Waals surface area (Å²) in [6.07, 6.45) is 5.62. The van der Waals surface area contributed by atoms with Crippen molar-refractivity contribution in [2.75, 3.05) is 31.2 Å². The van der Waals surface area contributed by atoms with Crippen LogP contribution in [0.3, 0.4) is 0 Å². The first-order chi connectivity index (χ1) is 22.0. The first kappa shape index (κ1) is 29.5.